The van der Waals surface area contributed by atoms with Gasteiger partial charge in [0.15, 0.2) is 5.15 Å². The van der Waals surface area contributed by atoms with Gasteiger partial charge in [-0.3, -0.25) is 0 Å². The molecule has 1 atom stereocenters. The Hall–Kier alpha value is -1.73. The number of rotatable bonds is 9. The lowest BCUT2D eigenvalue weighted by Crippen LogP contribution is -2.32. The van der Waals surface area contributed by atoms with Crippen LogP contribution in [-0.2, 0) is 17.9 Å². The van der Waals surface area contributed by atoms with E-state index in [2.05, 4.69) is 11.6 Å². The van der Waals surface area contributed by atoms with E-state index in [1.807, 2.05) is 25.1 Å². The van der Waals surface area contributed by atoms with Crippen molar-refractivity contribution in [2.75, 3.05) is 20.8 Å². The SMILES string of the molecule is C=C(CC)CN(Cc1ccc(OC)cc1OC)[S+]([O-])c1cccnc1Cl. The first-order valence-electron chi connectivity index (χ1n) is 8.15. The molecule has 0 bridgehead atoms. The van der Waals surface area contributed by atoms with Gasteiger partial charge in [-0.05, 0) is 18.6 Å². The molecule has 0 radical (unpaired) electrons. The van der Waals surface area contributed by atoms with Gasteiger partial charge in [-0.15, -0.1) is 4.31 Å². The van der Waals surface area contributed by atoms with Gasteiger partial charge in [0.05, 0.1) is 38.7 Å². The van der Waals surface area contributed by atoms with Crippen LogP contribution in [-0.4, -0.2) is 34.6 Å². The number of benzene rings is 1. The molecule has 0 saturated heterocycles. The molecule has 0 aliphatic heterocycles. The number of ether oxygens (including phenoxy) is 2. The van der Waals surface area contributed by atoms with Crippen molar-refractivity contribution in [1.29, 1.82) is 0 Å². The molecule has 2 aromatic rings. The predicted molar refractivity (Wildman–Crippen MR) is 105 cm³/mol. The molecule has 0 aliphatic carbocycles. The van der Waals surface area contributed by atoms with Crippen LogP contribution in [0.3, 0.4) is 0 Å². The van der Waals surface area contributed by atoms with E-state index >= 15 is 0 Å². The maximum atomic E-state index is 13.2. The summed E-state index contributed by atoms with van der Waals surface area (Å²) in [6, 6.07) is 9.01. The standard InChI is InChI=1S/C19H23ClN2O3S/c1-5-14(2)12-22(26(23)18-7-6-10-21-19(18)20)13-15-8-9-16(24-3)11-17(15)25-4/h6-11H,2,5,12-13H2,1,3-4H3. The highest BCUT2D eigenvalue weighted by atomic mass is 35.5. The van der Waals surface area contributed by atoms with Crippen LogP contribution in [0.15, 0.2) is 53.6 Å². The van der Waals surface area contributed by atoms with Crippen molar-refractivity contribution < 1.29 is 14.0 Å². The molecule has 0 amide bonds. The average Bonchev–Trinajstić information content (AvgIpc) is 2.67. The second-order valence-corrected chi connectivity index (χ2v) is 7.43. The van der Waals surface area contributed by atoms with Gasteiger partial charge in [0.1, 0.15) is 11.5 Å². The molecule has 1 unspecified atom stereocenters. The first kappa shape index (κ1) is 20.6. The summed E-state index contributed by atoms with van der Waals surface area (Å²) in [5.41, 5.74) is 1.87. The van der Waals surface area contributed by atoms with Gasteiger partial charge in [0.25, 0.3) is 0 Å². The van der Waals surface area contributed by atoms with Gasteiger partial charge >= 0.3 is 0 Å². The third-order valence-corrected chi connectivity index (χ3v) is 5.73. The number of pyridine rings is 1. The third kappa shape index (κ3) is 5.14. The van der Waals surface area contributed by atoms with E-state index in [9.17, 15) is 4.55 Å². The molecule has 0 saturated carbocycles. The van der Waals surface area contributed by atoms with Gasteiger partial charge in [0, 0.05) is 23.9 Å². The van der Waals surface area contributed by atoms with Gasteiger partial charge < -0.3 is 14.0 Å². The fourth-order valence-electron chi connectivity index (χ4n) is 2.35. The van der Waals surface area contributed by atoms with Gasteiger partial charge in [-0.1, -0.05) is 36.7 Å². The fraction of sp³-hybridized carbons (Fsp3) is 0.316. The normalized spacial score (nSPS) is 12.1. The highest BCUT2D eigenvalue weighted by Gasteiger charge is 2.27. The van der Waals surface area contributed by atoms with Crippen molar-refractivity contribution in [1.82, 2.24) is 9.29 Å². The Kier molecular flexibility index (Phi) is 7.78. The number of aromatic nitrogens is 1. The van der Waals surface area contributed by atoms with Crippen molar-refractivity contribution in [2.24, 2.45) is 0 Å². The molecule has 140 valence electrons. The smallest absolute Gasteiger partial charge is 0.211 e. The molecule has 26 heavy (non-hydrogen) atoms. The Bertz CT molecular complexity index is 757. The lowest BCUT2D eigenvalue weighted by molar-refractivity contribution is 0.378. The highest BCUT2D eigenvalue weighted by Crippen LogP contribution is 2.29. The number of hydrogen-bond donors (Lipinski definition) is 0. The Balaban J connectivity index is 2.33. The van der Waals surface area contributed by atoms with Gasteiger partial charge in [-0.2, -0.15) is 0 Å². The summed E-state index contributed by atoms with van der Waals surface area (Å²) in [5, 5.41) is 0.236. The van der Waals surface area contributed by atoms with Crippen molar-refractivity contribution in [3.8, 4) is 11.5 Å². The number of hydrogen-bond acceptors (Lipinski definition) is 5. The number of methoxy groups -OCH3 is 2. The van der Waals surface area contributed by atoms with E-state index in [1.165, 1.54) is 0 Å². The van der Waals surface area contributed by atoms with E-state index in [0.29, 0.717) is 29.5 Å². The van der Waals surface area contributed by atoms with Gasteiger partial charge in [0.2, 0.25) is 4.90 Å². The molecule has 5 nitrogen and oxygen atoms in total. The first-order valence-corrected chi connectivity index (χ1v) is 9.63. The zero-order chi connectivity index (χ0) is 19.1. The predicted octanol–water partition coefficient (Wildman–Crippen LogP) is 4.24. The minimum atomic E-state index is -1.48. The van der Waals surface area contributed by atoms with Crippen molar-refractivity contribution in [2.45, 2.75) is 24.8 Å². The molecular weight excluding hydrogens is 372 g/mol. The Morgan fingerprint density at radius 3 is 2.69 bits per heavy atom. The second-order valence-electron chi connectivity index (χ2n) is 5.62. The maximum absolute atomic E-state index is 13.2. The summed E-state index contributed by atoms with van der Waals surface area (Å²) in [4.78, 5) is 4.50. The fourth-order valence-corrected chi connectivity index (χ4v) is 3.89. The van der Waals surface area contributed by atoms with Crippen LogP contribution in [0.25, 0.3) is 0 Å². The summed E-state index contributed by atoms with van der Waals surface area (Å²) in [6.45, 7) is 6.95. The van der Waals surface area contributed by atoms with Crippen LogP contribution < -0.4 is 9.47 Å². The molecule has 1 aromatic heterocycles. The largest absolute Gasteiger partial charge is 0.593 e. The van der Waals surface area contributed by atoms with E-state index in [1.54, 1.807) is 36.9 Å². The Morgan fingerprint density at radius 1 is 1.31 bits per heavy atom. The highest BCUT2D eigenvalue weighted by molar-refractivity contribution is 7.89. The molecule has 7 heteroatoms. The second kappa shape index (κ2) is 9.83. The van der Waals surface area contributed by atoms with E-state index in [0.717, 1.165) is 17.6 Å². The summed E-state index contributed by atoms with van der Waals surface area (Å²) < 4.78 is 25.7. The van der Waals surface area contributed by atoms with E-state index in [4.69, 9.17) is 21.1 Å². The van der Waals surface area contributed by atoms with Crippen molar-refractivity contribution in [3.05, 3.63) is 59.4 Å². The quantitative estimate of drug-likeness (QED) is 0.361. The Labute approximate surface area is 162 Å². The zero-order valence-electron chi connectivity index (χ0n) is 15.2. The molecule has 0 spiro atoms. The summed E-state index contributed by atoms with van der Waals surface area (Å²) in [7, 11) is 3.20. The maximum Gasteiger partial charge on any atom is 0.211 e. The van der Waals surface area contributed by atoms with Crippen LogP contribution in [0, 0.1) is 0 Å². The van der Waals surface area contributed by atoms with Crippen LogP contribution in [0.1, 0.15) is 18.9 Å². The summed E-state index contributed by atoms with van der Waals surface area (Å²) >= 11 is 4.66. The lowest BCUT2D eigenvalue weighted by atomic mass is 10.1. The van der Waals surface area contributed by atoms with Crippen molar-refractivity contribution in [3.63, 3.8) is 0 Å². The molecule has 1 heterocycles. The Morgan fingerprint density at radius 2 is 2.08 bits per heavy atom. The number of halogens is 1. The lowest BCUT2D eigenvalue weighted by Gasteiger charge is -2.25. The zero-order valence-corrected chi connectivity index (χ0v) is 16.8. The van der Waals surface area contributed by atoms with Crippen LogP contribution in [0.2, 0.25) is 5.15 Å². The molecule has 0 N–H and O–H groups in total. The van der Waals surface area contributed by atoms with Gasteiger partial charge in [-0.25, -0.2) is 4.98 Å². The summed E-state index contributed by atoms with van der Waals surface area (Å²) in [5.74, 6) is 1.37. The minimum absolute atomic E-state index is 0.236. The molecular formula is C19H23ClN2O3S. The minimum Gasteiger partial charge on any atom is -0.593 e. The number of nitrogens with zero attached hydrogens (tertiary/aromatic N) is 2. The summed E-state index contributed by atoms with van der Waals surface area (Å²) in [6.07, 6.45) is 2.37. The topological polar surface area (TPSA) is 57.7 Å². The molecule has 0 aliphatic rings. The molecule has 1 aromatic carbocycles. The first-order chi connectivity index (χ1) is 12.5. The van der Waals surface area contributed by atoms with Crippen LogP contribution >= 0.6 is 11.6 Å². The average molecular weight is 395 g/mol. The van der Waals surface area contributed by atoms with E-state index in [-0.39, 0.29) is 5.15 Å². The van der Waals surface area contributed by atoms with Crippen LogP contribution in [0.4, 0.5) is 0 Å². The monoisotopic (exact) mass is 394 g/mol. The van der Waals surface area contributed by atoms with Crippen LogP contribution in [0.5, 0.6) is 11.5 Å². The molecule has 0 fully saturated rings. The van der Waals surface area contributed by atoms with Crippen molar-refractivity contribution >= 4 is 23.0 Å². The molecule has 2 rings (SSSR count). The third-order valence-electron chi connectivity index (χ3n) is 3.89. The van der Waals surface area contributed by atoms with E-state index < -0.39 is 11.4 Å².